The van der Waals surface area contributed by atoms with E-state index in [9.17, 15) is 36.2 Å². The van der Waals surface area contributed by atoms with Gasteiger partial charge in [-0.25, -0.2) is 22.9 Å². The molecule has 1 heterocycles. The van der Waals surface area contributed by atoms with E-state index in [1.807, 2.05) is 0 Å². The Balaban J connectivity index is 1.83. The quantitative estimate of drug-likeness (QED) is 0.380. The molecule has 0 bridgehead atoms. The molecular formula is C25H17F6NO3. The fraction of sp³-hybridized carbons (Fsp3) is 0.200. The van der Waals surface area contributed by atoms with Crippen LogP contribution in [0.2, 0.25) is 0 Å². The fourth-order valence-corrected chi connectivity index (χ4v) is 4.00. The lowest BCUT2D eigenvalue weighted by molar-refractivity contribution is -0.137. The summed E-state index contributed by atoms with van der Waals surface area (Å²) in [4.78, 5) is 15.1. The van der Waals surface area contributed by atoms with Crippen molar-refractivity contribution in [1.82, 2.24) is 4.98 Å². The zero-order chi connectivity index (χ0) is 25.3. The molecule has 1 aromatic heterocycles. The summed E-state index contributed by atoms with van der Waals surface area (Å²) in [6, 6.07) is 7.19. The van der Waals surface area contributed by atoms with E-state index in [1.54, 1.807) is 0 Å². The number of aromatic nitrogens is 1. The summed E-state index contributed by atoms with van der Waals surface area (Å²) in [5.74, 6) is -4.24. The number of aromatic carboxylic acids is 1. The van der Waals surface area contributed by atoms with Crippen LogP contribution in [0.1, 0.15) is 51.9 Å². The number of pyridine rings is 1. The Kier molecular flexibility index (Phi) is 6.56. The van der Waals surface area contributed by atoms with Crippen molar-refractivity contribution in [2.45, 2.75) is 32.0 Å². The average molecular weight is 493 g/mol. The third kappa shape index (κ3) is 5.16. The Bertz CT molecular complexity index is 1310. The number of rotatable bonds is 6. The third-order valence-corrected chi connectivity index (χ3v) is 5.63. The molecule has 4 rings (SSSR count). The van der Waals surface area contributed by atoms with Crippen LogP contribution < -0.4 is 4.74 Å². The molecule has 3 aromatic rings. The predicted molar refractivity (Wildman–Crippen MR) is 114 cm³/mol. The molecular weight excluding hydrogens is 476 g/mol. The number of nitrogens with zero attached hydrogens (tertiary/aromatic N) is 1. The predicted octanol–water partition coefficient (Wildman–Crippen LogP) is 6.89. The first kappa shape index (κ1) is 24.3. The first-order valence-electron chi connectivity index (χ1n) is 10.4. The average Bonchev–Trinajstić information content (AvgIpc) is 3.27. The van der Waals surface area contributed by atoms with Crippen molar-refractivity contribution in [3.8, 4) is 5.88 Å². The molecule has 1 aliphatic carbocycles. The Hall–Kier alpha value is -3.82. The highest BCUT2D eigenvalue weighted by atomic mass is 19.4. The number of benzene rings is 2. The van der Waals surface area contributed by atoms with Gasteiger partial charge in [0, 0.05) is 11.8 Å². The zero-order valence-corrected chi connectivity index (χ0v) is 17.9. The number of hydrogen-bond acceptors (Lipinski definition) is 3. The molecule has 1 N–H and O–H groups in total. The van der Waals surface area contributed by atoms with Gasteiger partial charge < -0.3 is 9.84 Å². The summed E-state index contributed by atoms with van der Waals surface area (Å²) in [5.41, 5.74) is -0.862. The van der Waals surface area contributed by atoms with E-state index >= 15 is 0 Å². The number of hydrogen-bond donors (Lipinski definition) is 1. The fourth-order valence-electron chi connectivity index (χ4n) is 4.00. The van der Waals surface area contributed by atoms with Crippen molar-refractivity contribution in [2.75, 3.05) is 0 Å². The van der Waals surface area contributed by atoms with Gasteiger partial charge >= 0.3 is 12.1 Å². The number of allylic oxidation sites excluding steroid dienone is 2. The van der Waals surface area contributed by atoms with Gasteiger partial charge in [-0.05, 0) is 72.4 Å². The number of ether oxygens (including phenoxy) is 1. The van der Waals surface area contributed by atoms with Crippen molar-refractivity contribution in [3.63, 3.8) is 0 Å². The lowest BCUT2D eigenvalue weighted by atomic mass is 9.95. The van der Waals surface area contributed by atoms with Gasteiger partial charge in [0.2, 0.25) is 5.88 Å². The molecule has 0 aliphatic heterocycles. The molecule has 1 aliphatic rings. The number of carbonyl (C=O) groups is 1. The second-order valence-electron chi connectivity index (χ2n) is 7.91. The maximum atomic E-state index is 14.1. The first-order valence-corrected chi connectivity index (χ1v) is 10.4. The van der Waals surface area contributed by atoms with E-state index in [2.05, 4.69) is 4.98 Å². The van der Waals surface area contributed by atoms with Crippen LogP contribution in [0, 0.1) is 17.5 Å². The van der Waals surface area contributed by atoms with E-state index in [0.717, 1.165) is 36.4 Å². The summed E-state index contributed by atoms with van der Waals surface area (Å²) in [5, 5.41) is 9.25. The largest absolute Gasteiger partial charge is 0.478 e. The van der Waals surface area contributed by atoms with Crippen LogP contribution in [0.3, 0.4) is 0 Å². The zero-order valence-electron chi connectivity index (χ0n) is 17.9. The summed E-state index contributed by atoms with van der Waals surface area (Å²) in [7, 11) is 0. The highest BCUT2D eigenvalue weighted by Crippen LogP contribution is 2.44. The highest BCUT2D eigenvalue weighted by Gasteiger charge is 2.33. The molecule has 2 aromatic carbocycles. The van der Waals surface area contributed by atoms with Crippen molar-refractivity contribution in [3.05, 3.63) is 93.9 Å². The van der Waals surface area contributed by atoms with Crippen LogP contribution in [0.5, 0.6) is 5.88 Å². The summed E-state index contributed by atoms with van der Waals surface area (Å²) in [6.07, 6.45) is -3.05. The number of alkyl halides is 3. The lowest BCUT2D eigenvalue weighted by Crippen LogP contribution is -2.09. The normalized spacial score (nSPS) is 13.9. The minimum absolute atomic E-state index is 0.0646. The Morgan fingerprint density at radius 3 is 2.34 bits per heavy atom. The number of carboxylic acids is 1. The van der Waals surface area contributed by atoms with Gasteiger partial charge in [-0.15, -0.1) is 0 Å². The first-order chi connectivity index (χ1) is 16.5. The van der Waals surface area contributed by atoms with Gasteiger partial charge in [0.25, 0.3) is 0 Å². The van der Waals surface area contributed by atoms with Crippen LogP contribution >= 0.6 is 0 Å². The van der Waals surface area contributed by atoms with Gasteiger partial charge in [0.1, 0.15) is 24.1 Å². The molecule has 0 saturated heterocycles. The van der Waals surface area contributed by atoms with Gasteiger partial charge in [-0.1, -0.05) is 6.07 Å². The van der Waals surface area contributed by atoms with Crippen LogP contribution in [-0.4, -0.2) is 16.1 Å². The van der Waals surface area contributed by atoms with E-state index in [4.69, 9.17) is 4.74 Å². The van der Waals surface area contributed by atoms with Crippen molar-refractivity contribution < 1.29 is 41.0 Å². The maximum Gasteiger partial charge on any atom is 0.417 e. The Morgan fingerprint density at radius 1 is 1.00 bits per heavy atom. The van der Waals surface area contributed by atoms with Crippen molar-refractivity contribution in [2.24, 2.45) is 0 Å². The molecule has 0 atom stereocenters. The van der Waals surface area contributed by atoms with Gasteiger partial charge in [0.05, 0.1) is 16.7 Å². The molecule has 0 saturated carbocycles. The molecule has 0 unspecified atom stereocenters. The molecule has 4 nitrogen and oxygen atoms in total. The molecule has 10 heteroatoms. The smallest absolute Gasteiger partial charge is 0.417 e. The molecule has 0 radical (unpaired) electrons. The van der Waals surface area contributed by atoms with Crippen LogP contribution in [0.25, 0.3) is 11.1 Å². The lowest BCUT2D eigenvalue weighted by Gasteiger charge is -2.16. The molecule has 0 spiro atoms. The van der Waals surface area contributed by atoms with Crippen LogP contribution in [-0.2, 0) is 12.8 Å². The monoisotopic (exact) mass is 493 g/mol. The van der Waals surface area contributed by atoms with Crippen LogP contribution in [0.15, 0.2) is 48.7 Å². The summed E-state index contributed by atoms with van der Waals surface area (Å²) >= 11 is 0. The standard InChI is InChI=1S/C25H17F6NO3/c26-16-8-13(7-14(9-16)24(33)34)17-3-1-4-18(17)19-10-15(25(29,30)31)11-32-23(19)35-12-20-21(27)5-2-6-22(20)28/h2,5-11H,1,3-4,12H2,(H,33,34). The van der Waals surface area contributed by atoms with Crippen molar-refractivity contribution >= 4 is 17.1 Å². The highest BCUT2D eigenvalue weighted by molar-refractivity contribution is 5.96. The summed E-state index contributed by atoms with van der Waals surface area (Å²) in [6.45, 7) is -0.629. The van der Waals surface area contributed by atoms with E-state index in [1.165, 1.54) is 6.07 Å². The second kappa shape index (κ2) is 9.44. The van der Waals surface area contributed by atoms with Gasteiger partial charge in [0.15, 0.2) is 0 Å². The minimum atomic E-state index is -4.73. The number of carboxylic acid groups (broad SMARTS) is 1. The molecule has 0 amide bonds. The van der Waals surface area contributed by atoms with Gasteiger partial charge in [-0.3, -0.25) is 0 Å². The van der Waals surface area contributed by atoms with E-state index < -0.39 is 47.3 Å². The maximum absolute atomic E-state index is 14.1. The second-order valence-corrected chi connectivity index (χ2v) is 7.91. The van der Waals surface area contributed by atoms with Crippen molar-refractivity contribution in [1.29, 1.82) is 0 Å². The van der Waals surface area contributed by atoms with E-state index in [-0.39, 0.29) is 29.0 Å². The third-order valence-electron chi connectivity index (χ3n) is 5.63. The molecule has 0 fully saturated rings. The summed E-state index contributed by atoms with van der Waals surface area (Å²) < 4.78 is 88.0. The Morgan fingerprint density at radius 2 is 1.69 bits per heavy atom. The number of halogens is 6. The SMILES string of the molecule is O=C(O)c1cc(F)cc(C2=C(c3cc(C(F)(F)F)cnc3OCc3c(F)cccc3F)CCC2)c1. The van der Waals surface area contributed by atoms with Gasteiger partial charge in [-0.2, -0.15) is 13.2 Å². The molecule has 182 valence electrons. The Labute approximate surface area is 195 Å². The molecule has 35 heavy (non-hydrogen) atoms. The topological polar surface area (TPSA) is 59.4 Å². The van der Waals surface area contributed by atoms with E-state index in [0.29, 0.717) is 30.2 Å². The minimum Gasteiger partial charge on any atom is -0.478 e. The van der Waals surface area contributed by atoms with Crippen LogP contribution in [0.4, 0.5) is 26.3 Å².